The van der Waals surface area contributed by atoms with Gasteiger partial charge in [-0.05, 0) is 18.9 Å². The molecule has 0 aromatic carbocycles. The number of aliphatic imine (C=N–C) groups is 1. The first kappa shape index (κ1) is 24.6. The number of carboxylic acids is 2. The van der Waals surface area contributed by atoms with Gasteiger partial charge in [-0.25, -0.2) is 19.4 Å². The molecule has 0 saturated heterocycles. The van der Waals surface area contributed by atoms with Crippen LogP contribution in [0.25, 0.3) is 0 Å². The number of aliphatic carboxylic acids is 2. The van der Waals surface area contributed by atoms with E-state index < -0.39 is 18.0 Å². The molecule has 0 spiro atoms. The fraction of sp³-hybridized carbons (Fsp3) is 0.450. The van der Waals surface area contributed by atoms with Crippen molar-refractivity contribution in [2.75, 3.05) is 21.1 Å². The number of aromatic nitrogens is 1. The maximum Gasteiger partial charge on any atom is 0.414 e. The molecule has 1 aromatic heterocycles. The van der Waals surface area contributed by atoms with Gasteiger partial charge in [0.05, 0.1) is 12.5 Å². The first-order chi connectivity index (χ1) is 14.2. The van der Waals surface area contributed by atoms with Gasteiger partial charge in [0.25, 0.3) is 0 Å². The molecule has 0 atom stereocenters. The number of nitrogens with zero attached hydrogens (tertiary/aromatic N) is 4. The van der Waals surface area contributed by atoms with E-state index in [-0.39, 0.29) is 0 Å². The van der Waals surface area contributed by atoms with Crippen LogP contribution in [0.5, 0.6) is 5.75 Å². The molecular weight excluding hydrogens is 392 g/mol. The van der Waals surface area contributed by atoms with Crippen LogP contribution in [0.15, 0.2) is 35.6 Å². The number of carbonyl (C=O) groups excluding carboxylic acids is 1. The van der Waals surface area contributed by atoms with Crippen LogP contribution in [0.2, 0.25) is 0 Å². The van der Waals surface area contributed by atoms with Crippen molar-refractivity contribution >= 4 is 30.1 Å². The minimum atomic E-state index is -1.26. The fourth-order valence-electron chi connectivity index (χ4n) is 2.62. The molecular formula is C20H28N4O6. The zero-order valence-electron chi connectivity index (χ0n) is 17.4. The van der Waals surface area contributed by atoms with Gasteiger partial charge in [0, 0.05) is 45.5 Å². The Hall–Kier alpha value is -3.43. The Labute approximate surface area is 175 Å². The van der Waals surface area contributed by atoms with Gasteiger partial charge in [-0.1, -0.05) is 19.3 Å². The topological polar surface area (TPSA) is 133 Å². The lowest BCUT2D eigenvalue weighted by molar-refractivity contribution is -0.134. The molecule has 0 aliphatic heterocycles. The van der Waals surface area contributed by atoms with Crippen LogP contribution in [-0.4, -0.2) is 76.6 Å². The molecule has 1 aliphatic rings. The highest BCUT2D eigenvalue weighted by Gasteiger charge is 2.16. The summed E-state index contributed by atoms with van der Waals surface area (Å²) in [5.41, 5.74) is 0.604. The van der Waals surface area contributed by atoms with E-state index in [4.69, 9.17) is 14.9 Å². The van der Waals surface area contributed by atoms with Crippen LogP contribution in [0.1, 0.15) is 32.1 Å². The Balaban J connectivity index is 0.000000479. The maximum atomic E-state index is 11.7. The van der Waals surface area contributed by atoms with Crippen molar-refractivity contribution in [2.24, 2.45) is 4.99 Å². The predicted octanol–water partition coefficient (Wildman–Crippen LogP) is 2.78. The Morgan fingerprint density at radius 2 is 1.70 bits per heavy atom. The van der Waals surface area contributed by atoms with Gasteiger partial charge in [0.1, 0.15) is 5.69 Å². The zero-order chi connectivity index (χ0) is 22.5. The molecule has 10 heteroatoms. The number of amides is 1. The third-order valence-corrected chi connectivity index (χ3v) is 4.22. The second-order valence-corrected chi connectivity index (χ2v) is 6.82. The smallest absolute Gasteiger partial charge is 0.414 e. The minimum absolute atomic E-state index is 0.370. The van der Waals surface area contributed by atoms with Crippen LogP contribution in [-0.2, 0) is 9.59 Å². The summed E-state index contributed by atoms with van der Waals surface area (Å²) in [6, 6.07) is 2.29. The summed E-state index contributed by atoms with van der Waals surface area (Å²) in [6.45, 7) is 0. The molecule has 164 valence electrons. The van der Waals surface area contributed by atoms with Crippen LogP contribution in [0.4, 0.5) is 10.5 Å². The van der Waals surface area contributed by atoms with E-state index in [1.54, 1.807) is 26.4 Å². The van der Waals surface area contributed by atoms with Crippen LogP contribution in [0.3, 0.4) is 0 Å². The number of hydrogen-bond acceptors (Lipinski definition) is 6. The predicted molar refractivity (Wildman–Crippen MR) is 111 cm³/mol. The molecule has 1 heterocycles. The van der Waals surface area contributed by atoms with E-state index >= 15 is 0 Å². The molecule has 2 N–H and O–H groups in total. The molecule has 0 radical (unpaired) electrons. The van der Waals surface area contributed by atoms with Crippen molar-refractivity contribution in [1.29, 1.82) is 0 Å². The maximum absolute atomic E-state index is 11.7. The second-order valence-electron chi connectivity index (χ2n) is 6.82. The number of hydrogen-bond donors (Lipinski definition) is 2. The average molecular weight is 420 g/mol. The van der Waals surface area contributed by atoms with E-state index in [2.05, 4.69) is 14.9 Å². The highest BCUT2D eigenvalue weighted by atomic mass is 16.6. The van der Waals surface area contributed by atoms with E-state index in [9.17, 15) is 14.4 Å². The van der Waals surface area contributed by atoms with Gasteiger partial charge >= 0.3 is 18.0 Å². The van der Waals surface area contributed by atoms with Gasteiger partial charge in [-0.2, -0.15) is 0 Å². The fourth-order valence-corrected chi connectivity index (χ4v) is 2.62. The van der Waals surface area contributed by atoms with Gasteiger partial charge in [-0.3, -0.25) is 4.98 Å². The monoisotopic (exact) mass is 420 g/mol. The summed E-state index contributed by atoms with van der Waals surface area (Å²) in [5, 5.41) is 15.6. The summed E-state index contributed by atoms with van der Waals surface area (Å²) in [4.78, 5) is 42.7. The van der Waals surface area contributed by atoms with E-state index in [1.807, 2.05) is 13.4 Å². The standard InChI is InChI=1S/C16H24N4O2.C4H4O4/c1-19(2)16(21)22-15-11-17-10-9-14(15)18-12-20(3)13-7-5-4-6-8-13;5-3(6)1-2-4(7)8/h9-13H,4-8H2,1-3H3;1-2H,(H,5,6)(H,7,8). The van der Waals surface area contributed by atoms with E-state index in [0.29, 0.717) is 29.6 Å². The number of pyridine rings is 1. The Kier molecular flexibility index (Phi) is 10.6. The quantitative estimate of drug-likeness (QED) is 0.408. The largest absolute Gasteiger partial charge is 0.478 e. The van der Waals surface area contributed by atoms with Crippen LogP contribution in [0, 0.1) is 0 Å². The second kappa shape index (κ2) is 12.9. The minimum Gasteiger partial charge on any atom is -0.478 e. The molecule has 1 fully saturated rings. The van der Waals surface area contributed by atoms with Crippen molar-refractivity contribution < 1.29 is 29.3 Å². The molecule has 0 unspecified atom stereocenters. The zero-order valence-corrected chi connectivity index (χ0v) is 17.4. The van der Waals surface area contributed by atoms with E-state index in [0.717, 1.165) is 0 Å². The van der Waals surface area contributed by atoms with Gasteiger partial charge < -0.3 is 24.7 Å². The SMILES string of the molecule is CN(C)C(=O)Oc1cnccc1N=CN(C)C1CCCCC1.O=C(O)C=CC(=O)O. The molecule has 1 aromatic rings. The Morgan fingerprint density at radius 3 is 2.23 bits per heavy atom. The highest BCUT2D eigenvalue weighted by Crippen LogP contribution is 2.26. The first-order valence-electron chi connectivity index (χ1n) is 9.44. The lowest BCUT2D eigenvalue weighted by Gasteiger charge is -2.29. The molecule has 0 bridgehead atoms. The molecule has 30 heavy (non-hydrogen) atoms. The molecule has 10 nitrogen and oxygen atoms in total. The number of rotatable bonds is 6. The lowest BCUT2D eigenvalue weighted by atomic mass is 9.95. The number of ether oxygens (including phenoxy) is 1. The third kappa shape index (κ3) is 9.67. The average Bonchev–Trinajstić information content (AvgIpc) is 2.72. The summed E-state index contributed by atoms with van der Waals surface area (Å²) >= 11 is 0. The highest BCUT2D eigenvalue weighted by molar-refractivity contribution is 5.89. The number of carbonyl (C=O) groups is 3. The van der Waals surface area contributed by atoms with Gasteiger partial charge in [0.15, 0.2) is 5.75 Å². The number of carboxylic acid groups (broad SMARTS) is 2. The lowest BCUT2D eigenvalue weighted by Crippen LogP contribution is -2.32. The molecule has 1 amide bonds. The van der Waals surface area contributed by atoms with Crippen molar-refractivity contribution in [3.05, 3.63) is 30.6 Å². The Bertz CT molecular complexity index is 756. The van der Waals surface area contributed by atoms with Gasteiger partial charge in [-0.15, -0.1) is 0 Å². The molecule has 1 aliphatic carbocycles. The summed E-state index contributed by atoms with van der Waals surface area (Å²) < 4.78 is 5.28. The van der Waals surface area contributed by atoms with Crippen molar-refractivity contribution in [3.63, 3.8) is 0 Å². The van der Waals surface area contributed by atoms with Crippen molar-refractivity contribution in [1.82, 2.24) is 14.8 Å². The van der Waals surface area contributed by atoms with Crippen LogP contribution >= 0.6 is 0 Å². The normalized spacial score (nSPS) is 14.1. The molecule has 1 saturated carbocycles. The van der Waals surface area contributed by atoms with E-state index in [1.165, 1.54) is 43.2 Å². The summed E-state index contributed by atoms with van der Waals surface area (Å²) in [6.07, 6.45) is 12.0. The van der Waals surface area contributed by atoms with Crippen molar-refractivity contribution in [2.45, 2.75) is 38.1 Å². The first-order valence-corrected chi connectivity index (χ1v) is 9.44. The summed E-state index contributed by atoms with van der Waals surface area (Å²) in [5.74, 6) is -2.14. The van der Waals surface area contributed by atoms with Crippen molar-refractivity contribution in [3.8, 4) is 5.75 Å². The Morgan fingerprint density at radius 1 is 1.10 bits per heavy atom. The summed E-state index contributed by atoms with van der Waals surface area (Å²) in [7, 11) is 5.32. The van der Waals surface area contributed by atoms with Crippen LogP contribution < -0.4 is 4.74 Å². The molecule has 2 rings (SSSR count). The third-order valence-electron chi connectivity index (χ3n) is 4.22. The van der Waals surface area contributed by atoms with Gasteiger partial charge in [0.2, 0.25) is 0 Å².